The highest BCUT2D eigenvalue weighted by molar-refractivity contribution is 9.26. The van der Waals surface area contributed by atoms with E-state index in [0.29, 0.717) is 11.5 Å². The van der Waals surface area contributed by atoms with Crippen molar-refractivity contribution in [2.45, 2.75) is 63.3 Å². The molecule has 0 saturated carbocycles. The zero-order valence-electron chi connectivity index (χ0n) is 15.0. The van der Waals surface area contributed by atoms with Gasteiger partial charge in [-0.25, -0.2) is 0 Å². The van der Waals surface area contributed by atoms with Crippen molar-refractivity contribution >= 4 is 58.8 Å². The summed E-state index contributed by atoms with van der Waals surface area (Å²) in [6, 6.07) is 0. The van der Waals surface area contributed by atoms with E-state index in [1.807, 2.05) is 55.5 Å². The van der Waals surface area contributed by atoms with Gasteiger partial charge in [-0.2, -0.15) is 0 Å². The molecule has 0 N–H and O–H groups in total. The second-order valence-corrected chi connectivity index (χ2v) is 18.8. The second-order valence-electron chi connectivity index (χ2n) is 6.10. The summed E-state index contributed by atoms with van der Waals surface area (Å²) in [5.74, 6) is 2.48. The van der Waals surface area contributed by atoms with E-state index in [1.165, 1.54) is 37.2 Å². The molecule has 0 aliphatic heterocycles. The lowest BCUT2D eigenvalue weighted by Crippen LogP contribution is -2.26. The molecule has 0 aromatic heterocycles. The Labute approximate surface area is 156 Å². The smallest absolute Gasteiger partial charge is 0.0655 e. The molecule has 0 rings (SSSR count). The SMILES string of the molecule is COC(CCCSSSSCCCC(OC)[SiH](C)C)[SiH](C)C. The first-order valence-electron chi connectivity index (χ1n) is 8.16. The molecule has 0 aliphatic carbocycles. The largest absolute Gasteiger partial charge is 0.385 e. The van der Waals surface area contributed by atoms with E-state index >= 15 is 0 Å². The summed E-state index contributed by atoms with van der Waals surface area (Å²) in [7, 11) is 10.3. The molecule has 0 aliphatic rings. The lowest BCUT2D eigenvalue weighted by Gasteiger charge is -2.17. The Morgan fingerprint density at radius 1 is 0.727 bits per heavy atom. The Hall–Kier alpha value is 1.75. The van der Waals surface area contributed by atoms with E-state index in [-0.39, 0.29) is 0 Å². The highest BCUT2D eigenvalue weighted by Crippen LogP contribution is 2.43. The van der Waals surface area contributed by atoms with Crippen molar-refractivity contribution in [3.63, 3.8) is 0 Å². The summed E-state index contributed by atoms with van der Waals surface area (Å²) < 4.78 is 11.1. The van der Waals surface area contributed by atoms with Gasteiger partial charge < -0.3 is 9.47 Å². The number of methoxy groups -OCH3 is 2. The lowest BCUT2D eigenvalue weighted by molar-refractivity contribution is 0.153. The van der Waals surface area contributed by atoms with Crippen LogP contribution >= 0.6 is 41.2 Å². The predicted octanol–water partition coefficient (Wildman–Crippen LogP) is 5.31. The summed E-state index contributed by atoms with van der Waals surface area (Å²) in [6.07, 6.45) is 5.04. The summed E-state index contributed by atoms with van der Waals surface area (Å²) >= 11 is 0. The maximum absolute atomic E-state index is 5.56. The van der Waals surface area contributed by atoms with Crippen LogP contribution in [0.4, 0.5) is 0 Å². The van der Waals surface area contributed by atoms with Gasteiger partial charge in [0.1, 0.15) is 0 Å². The zero-order valence-corrected chi connectivity index (χ0v) is 20.6. The van der Waals surface area contributed by atoms with Gasteiger partial charge in [-0.1, -0.05) is 47.8 Å². The molecule has 0 aromatic carbocycles. The van der Waals surface area contributed by atoms with E-state index < -0.39 is 17.6 Å². The van der Waals surface area contributed by atoms with Crippen molar-refractivity contribution in [1.29, 1.82) is 0 Å². The molecule has 2 atom stereocenters. The zero-order chi connectivity index (χ0) is 16.8. The first-order chi connectivity index (χ1) is 10.5. The first-order valence-corrected chi connectivity index (χ1v) is 19.3. The predicted molar refractivity (Wildman–Crippen MR) is 118 cm³/mol. The molecule has 0 spiro atoms. The summed E-state index contributed by atoms with van der Waals surface area (Å²) in [5.41, 5.74) is 1.12. The van der Waals surface area contributed by atoms with Gasteiger partial charge in [0.15, 0.2) is 0 Å². The maximum atomic E-state index is 5.56. The monoisotopic (exact) mass is 418 g/mol. The Bertz CT molecular complexity index is 225. The molecule has 0 bridgehead atoms. The van der Waals surface area contributed by atoms with Crippen LogP contribution < -0.4 is 0 Å². The van der Waals surface area contributed by atoms with Crippen molar-refractivity contribution in [2.24, 2.45) is 0 Å². The van der Waals surface area contributed by atoms with Crippen LogP contribution in [0.1, 0.15) is 25.7 Å². The molecule has 134 valence electrons. The van der Waals surface area contributed by atoms with E-state index in [2.05, 4.69) is 26.2 Å². The number of hydrogen-bond acceptors (Lipinski definition) is 6. The van der Waals surface area contributed by atoms with Crippen molar-refractivity contribution in [3.05, 3.63) is 0 Å². The fourth-order valence-corrected chi connectivity index (χ4v) is 11.3. The van der Waals surface area contributed by atoms with Crippen molar-refractivity contribution in [1.82, 2.24) is 0 Å². The van der Waals surface area contributed by atoms with E-state index in [1.54, 1.807) is 0 Å². The van der Waals surface area contributed by atoms with Crippen LogP contribution in [0.15, 0.2) is 0 Å². The van der Waals surface area contributed by atoms with Crippen molar-refractivity contribution < 1.29 is 9.47 Å². The fraction of sp³-hybridized carbons (Fsp3) is 1.00. The van der Waals surface area contributed by atoms with E-state index in [9.17, 15) is 0 Å². The molecule has 0 amide bonds. The Balaban J connectivity index is 3.34. The van der Waals surface area contributed by atoms with Gasteiger partial charge in [-0.05, 0) is 45.3 Å². The molecule has 0 heterocycles. The molecule has 0 fully saturated rings. The van der Waals surface area contributed by atoms with Crippen LogP contribution in [-0.2, 0) is 9.47 Å². The van der Waals surface area contributed by atoms with E-state index in [0.717, 1.165) is 0 Å². The Morgan fingerprint density at radius 3 is 1.36 bits per heavy atom. The minimum absolute atomic E-state index is 0.561. The third-order valence-corrected chi connectivity index (χ3v) is 14.5. The second kappa shape index (κ2) is 16.2. The van der Waals surface area contributed by atoms with Crippen LogP contribution in [0.5, 0.6) is 0 Å². The standard InChI is InChI=1S/C14H34O2S4Si2/c1-15-13(21(3)4)9-7-11-17-19-20-18-12-8-10-14(16-2)22(5)6/h13-14,21-22H,7-12H2,1-6H3. The molecule has 8 heteroatoms. The number of ether oxygens (including phenoxy) is 2. The highest BCUT2D eigenvalue weighted by atomic mass is 33.7. The van der Waals surface area contributed by atoms with Gasteiger partial charge in [0, 0.05) is 37.2 Å². The van der Waals surface area contributed by atoms with Crippen LogP contribution in [0.3, 0.4) is 0 Å². The Morgan fingerprint density at radius 2 is 1.09 bits per heavy atom. The molecule has 0 aromatic rings. The molecular formula is C14H34O2S4Si2. The lowest BCUT2D eigenvalue weighted by atomic mass is 10.3. The van der Waals surface area contributed by atoms with Gasteiger partial charge in [-0.3, -0.25) is 0 Å². The summed E-state index contributed by atoms with van der Waals surface area (Å²) in [6.45, 7) is 9.49. The number of rotatable bonds is 15. The minimum atomic E-state index is -0.637. The van der Waals surface area contributed by atoms with Crippen LogP contribution in [0.25, 0.3) is 0 Å². The van der Waals surface area contributed by atoms with Crippen molar-refractivity contribution in [3.8, 4) is 0 Å². The van der Waals surface area contributed by atoms with Gasteiger partial charge in [0.05, 0.1) is 17.6 Å². The van der Waals surface area contributed by atoms with Gasteiger partial charge >= 0.3 is 0 Å². The number of hydrogen-bond donors (Lipinski definition) is 0. The highest BCUT2D eigenvalue weighted by Gasteiger charge is 2.13. The van der Waals surface area contributed by atoms with Gasteiger partial charge in [0.2, 0.25) is 0 Å². The third-order valence-electron chi connectivity index (χ3n) is 3.65. The van der Waals surface area contributed by atoms with E-state index in [4.69, 9.17) is 9.47 Å². The average molecular weight is 419 g/mol. The van der Waals surface area contributed by atoms with Crippen LogP contribution in [-0.4, -0.2) is 54.8 Å². The Kier molecular flexibility index (Phi) is 17.5. The van der Waals surface area contributed by atoms with Crippen LogP contribution in [0.2, 0.25) is 26.2 Å². The quantitative estimate of drug-likeness (QED) is 0.202. The molecule has 0 radical (unpaired) electrons. The van der Waals surface area contributed by atoms with Crippen molar-refractivity contribution in [2.75, 3.05) is 25.7 Å². The normalized spacial score (nSPS) is 14.7. The maximum Gasteiger partial charge on any atom is 0.0655 e. The molecule has 2 nitrogen and oxygen atoms in total. The van der Waals surface area contributed by atoms with Gasteiger partial charge in [0.25, 0.3) is 0 Å². The molecule has 2 unspecified atom stereocenters. The molecule has 0 saturated heterocycles. The molecule has 22 heavy (non-hydrogen) atoms. The van der Waals surface area contributed by atoms with Crippen LogP contribution in [0, 0.1) is 0 Å². The average Bonchev–Trinajstić information content (AvgIpc) is 2.47. The summed E-state index contributed by atoms with van der Waals surface area (Å²) in [5, 5.41) is 0. The van der Waals surface area contributed by atoms with Gasteiger partial charge in [-0.15, -0.1) is 0 Å². The topological polar surface area (TPSA) is 18.5 Å². The third kappa shape index (κ3) is 13.1. The fourth-order valence-electron chi connectivity index (χ4n) is 2.24. The summed E-state index contributed by atoms with van der Waals surface area (Å²) in [4.78, 5) is 0. The first kappa shape index (κ1) is 23.8. The minimum Gasteiger partial charge on any atom is -0.385 e. The molecular weight excluding hydrogens is 385 g/mol.